The number of aromatic nitrogens is 1. The number of nitrogens with zero attached hydrogens (tertiary/aromatic N) is 2. The van der Waals surface area contributed by atoms with Crippen molar-refractivity contribution in [3.05, 3.63) is 90.1 Å². The molecule has 0 N–H and O–H groups in total. The van der Waals surface area contributed by atoms with E-state index >= 15 is 0 Å². The van der Waals surface area contributed by atoms with Crippen LogP contribution >= 0.6 is 22.9 Å². The molecule has 0 saturated carbocycles. The average Bonchev–Trinajstić information content (AvgIpc) is 3.32. The number of hydrogen-bond donors (Lipinski definition) is 0. The number of rotatable bonds is 13. The number of halogens is 1. The summed E-state index contributed by atoms with van der Waals surface area (Å²) in [6, 6.07) is 7.45. The normalized spacial score (nSPS) is 14.3. The van der Waals surface area contributed by atoms with Gasteiger partial charge in [0.05, 0.1) is 54.3 Å². The molecule has 2 aromatic carbocycles. The van der Waals surface area contributed by atoms with Crippen LogP contribution in [-0.2, 0) is 19.1 Å². The first-order valence-electron chi connectivity index (χ1n) is 13.9. The molecule has 1 aliphatic rings. The third-order valence-corrected chi connectivity index (χ3v) is 7.83. The topological polar surface area (TPSA) is 124 Å². The number of carbonyl (C=O) groups excluding carboxylic acids is 2. The Balaban J connectivity index is 1.89. The van der Waals surface area contributed by atoms with Gasteiger partial charge in [-0.15, -0.1) is 0 Å². The maximum atomic E-state index is 14.1. The van der Waals surface area contributed by atoms with Gasteiger partial charge in [0.15, 0.2) is 34.4 Å². The van der Waals surface area contributed by atoms with E-state index in [0.717, 1.165) is 11.3 Å². The van der Waals surface area contributed by atoms with Gasteiger partial charge in [-0.1, -0.05) is 41.7 Å². The molecule has 0 saturated heterocycles. The standard InChI is InChI=1S/C32H33ClN2O9S/c1-7-12-43-29-21(33)13-19(14-24(29)39-5)15-25-30(37)35-28(27(31(38)42-9-3)18(4)34-32(35)45-25)20-10-11-22(23(16-20)41-8-2)44-17-26(36)40-6/h7,10-11,13-16,28H,1,8-9,12,17H2,2-6H3/b25-15-/t28-/m0/s1. The fraction of sp³-hybridized carbons (Fsp3) is 0.312. The predicted octanol–water partition coefficient (Wildman–Crippen LogP) is 3.98. The highest BCUT2D eigenvalue weighted by atomic mass is 35.5. The lowest BCUT2D eigenvalue weighted by Crippen LogP contribution is -2.40. The molecule has 1 atom stereocenters. The van der Waals surface area contributed by atoms with Crippen LogP contribution in [0.1, 0.15) is 37.9 Å². The fourth-order valence-corrected chi connectivity index (χ4v) is 5.96. The molecule has 13 heteroatoms. The smallest absolute Gasteiger partial charge is 0.343 e. The van der Waals surface area contributed by atoms with Crippen LogP contribution in [0.3, 0.4) is 0 Å². The highest BCUT2D eigenvalue weighted by molar-refractivity contribution is 7.07. The van der Waals surface area contributed by atoms with Gasteiger partial charge in [-0.3, -0.25) is 9.36 Å². The largest absolute Gasteiger partial charge is 0.493 e. The predicted molar refractivity (Wildman–Crippen MR) is 169 cm³/mol. The van der Waals surface area contributed by atoms with Crippen molar-refractivity contribution in [3.8, 4) is 23.0 Å². The Kier molecular flexibility index (Phi) is 11.1. The van der Waals surface area contributed by atoms with Crippen LogP contribution in [0.5, 0.6) is 23.0 Å². The van der Waals surface area contributed by atoms with Crippen molar-refractivity contribution in [2.24, 2.45) is 4.99 Å². The molecule has 238 valence electrons. The SMILES string of the molecule is C=CCOc1c(Cl)cc(/C=c2\sc3n(c2=O)[C@@H](c2ccc(OCC(=O)OC)c(OCC)c2)C(C(=O)OCC)=C(C)N=3)cc1OC. The number of fused-ring (bicyclic) bond motifs is 1. The zero-order valence-electron chi connectivity index (χ0n) is 25.5. The summed E-state index contributed by atoms with van der Waals surface area (Å²) >= 11 is 7.66. The van der Waals surface area contributed by atoms with E-state index in [2.05, 4.69) is 16.3 Å². The van der Waals surface area contributed by atoms with Gasteiger partial charge in [0.1, 0.15) is 6.61 Å². The van der Waals surface area contributed by atoms with Crippen molar-refractivity contribution in [1.82, 2.24) is 4.57 Å². The Hall–Kier alpha value is -4.55. The quantitative estimate of drug-likeness (QED) is 0.199. The summed E-state index contributed by atoms with van der Waals surface area (Å²) in [5.41, 5.74) is 1.36. The molecule has 0 aliphatic carbocycles. The Morgan fingerprint density at radius 1 is 1.07 bits per heavy atom. The number of benzene rings is 2. The van der Waals surface area contributed by atoms with Gasteiger partial charge >= 0.3 is 11.9 Å². The van der Waals surface area contributed by atoms with Crippen molar-refractivity contribution in [2.75, 3.05) is 40.6 Å². The fourth-order valence-electron chi connectivity index (χ4n) is 4.64. The number of thiazole rings is 1. The maximum absolute atomic E-state index is 14.1. The number of allylic oxidation sites excluding steroid dienone is 1. The first-order chi connectivity index (χ1) is 21.7. The Morgan fingerprint density at radius 3 is 2.51 bits per heavy atom. The summed E-state index contributed by atoms with van der Waals surface area (Å²) in [6.07, 6.45) is 3.26. The molecule has 0 bridgehead atoms. The molecule has 1 aliphatic heterocycles. The summed E-state index contributed by atoms with van der Waals surface area (Å²) in [6.45, 7) is 9.18. The Morgan fingerprint density at radius 2 is 1.84 bits per heavy atom. The van der Waals surface area contributed by atoms with Crippen molar-refractivity contribution >= 4 is 41.0 Å². The lowest BCUT2D eigenvalue weighted by Gasteiger charge is -2.25. The highest BCUT2D eigenvalue weighted by Gasteiger charge is 2.34. The second-order valence-corrected chi connectivity index (χ2v) is 10.9. The van der Waals surface area contributed by atoms with Crippen LogP contribution in [-0.4, -0.2) is 57.2 Å². The zero-order valence-corrected chi connectivity index (χ0v) is 27.1. The second kappa shape index (κ2) is 15.0. The lowest BCUT2D eigenvalue weighted by molar-refractivity contribution is -0.143. The highest BCUT2D eigenvalue weighted by Crippen LogP contribution is 2.38. The van der Waals surface area contributed by atoms with Gasteiger partial charge in [-0.2, -0.15) is 0 Å². The third-order valence-electron chi connectivity index (χ3n) is 6.57. The van der Waals surface area contributed by atoms with Gasteiger partial charge in [0, 0.05) is 0 Å². The van der Waals surface area contributed by atoms with Gasteiger partial charge in [-0.25, -0.2) is 14.6 Å². The van der Waals surface area contributed by atoms with E-state index in [0.29, 0.717) is 60.8 Å². The molecular weight excluding hydrogens is 624 g/mol. The lowest BCUT2D eigenvalue weighted by atomic mass is 9.95. The minimum atomic E-state index is -0.899. The average molecular weight is 657 g/mol. The van der Waals surface area contributed by atoms with Crippen molar-refractivity contribution < 1.29 is 38.0 Å². The maximum Gasteiger partial charge on any atom is 0.343 e. The monoisotopic (exact) mass is 656 g/mol. The second-order valence-electron chi connectivity index (χ2n) is 9.44. The molecule has 2 heterocycles. The molecule has 11 nitrogen and oxygen atoms in total. The number of esters is 2. The molecule has 0 spiro atoms. The number of hydrogen-bond acceptors (Lipinski definition) is 11. The number of ether oxygens (including phenoxy) is 6. The van der Waals surface area contributed by atoms with Gasteiger partial charge in [-0.05, 0) is 62.2 Å². The molecule has 45 heavy (non-hydrogen) atoms. The van der Waals surface area contributed by atoms with E-state index in [9.17, 15) is 14.4 Å². The summed E-state index contributed by atoms with van der Waals surface area (Å²) in [5, 5.41) is 0.298. The first-order valence-corrected chi connectivity index (χ1v) is 15.1. The summed E-state index contributed by atoms with van der Waals surface area (Å²) in [7, 11) is 2.75. The van der Waals surface area contributed by atoms with Crippen molar-refractivity contribution in [3.63, 3.8) is 0 Å². The van der Waals surface area contributed by atoms with E-state index in [1.54, 1.807) is 63.3 Å². The van der Waals surface area contributed by atoms with E-state index in [1.807, 2.05) is 0 Å². The van der Waals surface area contributed by atoms with E-state index in [-0.39, 0.29) is 31.0 Å². The van der Waals surface area contributed by atoms with E-state index < -0.39 is 18.0 Å². The first kappa shape index (κ1) is 33.3. The molecule has 1 aromatic heterocycles. The third kappa shape index (κ3) is 7.23. The van der Waals surface area contributed by atoms with Crippen LogP contribution in [0.4, 0.5) is 0 Å². The minimum absolute atomic E-state index is 0.131. The summed E-state index contributed by atoms with van der Waals surface area (Å²) in [5.74, 6) is 0.196. The minimum Gasteiger partial charge on any atom is -0.493 e. The Labute approximate surface area is 268 Å². The number of methoxy groups -OCH3 is 2. The van der Waals surface area contributed by atoms with Gasteiger partial charge < -0.3 is 28.4 Å². The van der Waals surface area contributed by atoms with E-state index in [1.165, 1.54) is 18.8 Å². The van der Waals surface area contributed by atoms with Crippen molar-refractivity contribution in [2.45, 2.75) is 26.8 Å². The van der Waals surface area contributed by atoms with E-state index in [4.69, 9.17) is 35.3 Å². The van der Waals surface area contributed by atoms with Crippen molar-refractivity contribution in [1.29, 1.82) is 0 Å². The Bertz CT molecular complexity index is 1830. The molecule has 0 amide bonds. The summed E-state index contributed by atoms with van der Waals surface area (Å²) in [4.78, 5) is 44.1. The number of carbonyl (C=O) groups is 2. The van der Waals surface area contributed by atoms with Crippen LogP contribution < -0.4 is 33.8 Å². The zero-order chi connectivity index (χ0) is 32.7. The van der Waals surface area contributed by atoms with Crippen LogP contribution in [0, 0.1) is 0 Å². The molecule has 4 rings (SSSR count). The van der Waals surface area contributed by atoms with Crippen LogP contribution in [0.25, 0.3) is 6.08 Å². The molecule has 0 radical (unpaired) electrons. The molecular formula is C32H33ClN2O9S. The van der Waals surface area contributed by atoms with Crippen LogP contribution in [0.15, 0.2) is 64.0 Å². The molecule has 0 unspecified atom stereocenters. The van der Waals surface area contributed by atoms with Gasteiger partial charge in [0.25, 0.3) is 5.56 Å². The van der Waals surface area contributed by atoms with Gasteiger partial charge in [0.2, 0.25) is 0 Å². The molecule has 0 fully saturated rings. The van der Waals surface area contributed by atoms with Crippen LogP contribution in [0.2, 0.25) is 5.02 Å². The molecule has 3 aromatic rings. The summed E-state index contributed by atoms with van der Waals surface area (Å²) < 4.78 is 34.4.